The molecule has 0 aromatic heterocycles. The molecule has 0 saturated heterocycles. The minimum Gasteiger partial charge on any atom is -0.489 e. The molecule has 0 amide bonds. The molecule has 0 heterocycles. The lowest BCUT2D eigenvalue weighted by molar-refractivity contribution is 0.0717. The van der Waals surface area contributed by atoms with Gasteiger partial charge in [0.25, 0.3) is 0 Å². The molecule has 0 saturated carbocycles. The first-order valence-electron chi connectivity index (χ1n) is 6.26. The van der Waals surface area contributed by atoms with E-state index in [-0.39, 0.29) is 6.10 Å². The van der Waals surface area contributed by atoms with Gasteiger partial charge in [0.1, 0.15) is 12.4 Å². The predicted octanol–water partition coefficient (Wildman–Crippen LogP) is 3.42. The maximum Gasteiger partial charge on any atom is 0.138 e. The van der Waals surface area contributed by atoms with Gasteiger partial charge in [-0.1, -0.05) is 24.6 Å². The fourth-order valence-corrected chi connectivity index (χ4v) is 1.85. The number of benzene rings is 1. The first kappa shape index (κ1) is 15.3. The fourth-order valence-electron chi connectivity index (χ4n) is 1.60. The van der Waals surface area contributed by atoms with Crippen LogP contribution < -0.4 is 10.1 Å². The van der Waals surface area contributed by atoms with Gasteiger partial charge in [-0.3, -0.25) is 0 Å². The summed E-state index contributed by atoms with van der Waals surface area (Å²) >= 11 is 6.21. The summed E-state index contributed by atoms with van der Waals surface area (Å²) in [5.74, 6) is 0.702. The van der Waals surface area contributed by atoms with Gasteiger partial charge in [-0.05, 0) is 38.1 Å². The van der Waals surface area contributed by atoms with E-state index >= 15 is 0 Å². The zero-order valence-electron chi connectivity index (χ0n) is 11.5. The molecule has 1 rings (SSSR count). The van der Waals surface area contributed by atoms with E-state index in [1.807, 2.05) is 25.1 Å². The van der Waals surface area contributed by atoms with Crippen molar-refractivity contribution in [2.75, 3.05) is 20.3 Å². The third kappa shape index (κ3) is 4.48. The second kappa shape index (κ2) is 7.62. The van der Waals surface area contributed by atoms with E-state index in [2.05, 4.69) is 19.2 Å². The molecule has 3 nitrogen and oxygen atoms in total. The van der Waals surface area contributed by atoms with Crippen molar-refractivity contribution in [1.29, 1.82) is 0 Å². The lowest BCUT2D eigenvalue weighted by atomic mass is 10.1. The minimum absolute atomic E-state index is 0.0569. The monoisotopic (exact) mass is 271 g/mol. The van der Waals surface area contributed by atoms with Crippen molar-refractivity contribution in [2.24, 2.45) is 0 Å². The summed E-state index contributed by atoms with van der Waals surface area (Å²) < 4.78 is 10.7. The summed E-state index contributed by atoms with van der Waals surface area (Å²) in [5, 5.41) is 3.99. The van der Waals surface area contributed by atoms with Crippen molar-refractivity contribution >= 4 is 11.6 Å². The first-order valence-corrected chi connectivity index (χ1v) is 6.64. The molecule has 1 aromatic rings. The average molecular weight is 272 g/mol. The van der Waals surface area contributed by atoms with Crippen LogP contribution in [0.4, 0.5) is 0 Å². The lowest BCUT2D eigenvalue weighted by Gasteiger charge is -2.16. The van der Waals surface area contributed by atoms with Crippen LogP contribution in [-0.2, 0) is 4.74 Å². The molecule has 0 radical (unpaired) electrons. The predicted molar refractivity (Wildman–Crippen MR) is 75.5 cm³/mol. The highest BCUT2D eigenvalue weighted by Crippen LogP contribution is 2.28. The van der Waals surface area contributed by atoms with Crippen molar-refractivity contribution < 1.29 is 9.47 Å². The normalized spacial score (nSPS) is 14.3. The van der Waals surface area contributed by atoms with E-state index in [9.17, 15) is 0 Å². The number of rotatable bonds is 7. The molecular formula is C14H22ClNO2. The van der Waals surface area contributed by atoms with Gasteiger partial charge in [0, 0.05) is 13.2 Å². The summed E-state index contributed by atoms with van der Waals surface area (Å²) in [4.78, 5) is 0. The van der Waals surface area contributed by atoms with E-state index < -0.39 is 0 Å². The quantitative estimate of drug-likeness (QED) is 0.824. The second-order valence-electron chi connectivity index (χ2n) is 4.33. The minimum atomic E-state index is 0.0569. The first-order chi connectivity index (χ1) is 8.58. The average Bonchev–Trinajstić information content (AvgIpc) is 2.37. The summed E-state index contributed by atoms with van der Waals surface area (Å²) in [6, 6.07) is 6.18. The van der Waals surface area contributed by atoms with Crippen molar-refractivity contribution in [1.82, 2.24) is 5.32 Å². The second-order valence-corrected chi connectivity index (χ2v) is 4.73. The largest absolute Gasteiger partial charge is 0.489 e. The Morgan fingerprint density at radius 3 is 2.61 bits per heavy atom. The van der Waals surface area contributed by atoms with Crippen LogP contribution >= 0.6 is 11.6 Å². The Kier molecular flexibility index (Phi) is 6.47. The van der Waals surface area contributed by atoms with Gasteiger partial charge in [0.2, 0.25) is 0 Å². The molecule has 1 aromatic carbocycles. The van der Waals surface area contributed by atoms with Crippen molar-refractivity contribution in [3.05, 3.63) is 28.8 Å². The zero-order chi connectivity index (χ0) is 13.5. The number of ether oxygens (including phenoxy) is 2. The molecule has 18 heavy (non-hydrogen) atoms. The molecule has 4 heteroatoms. The molecular weight excluding hydrogens is 250 g/mol. The van der Waals surface area contributed by atoms with Crippen LogP contribution in [0.1, 0.15) is 32.4 Å². The van der Waals surface area contributed by atoms with Crippen LogP contribution in [0, 0.1) is 0 Å². The van der Waals surface area contributed by atoms with Crippen molar-refractivity contribution in [2.45, 2.75) is 32.9 Å². The molecule has 0 aliphatic carbocycles. The van der Waals surface area contributed by atoms with Gasteiger partial charge < -0.3 is 14.8 Å². The lowest BCUT2D eigenvalue weighted by Crippen LogP contribution is -2.18. The van der Waals surface area contributed by atoms with Gasteiger partial charge in [-0.15, -0.1) is 0 Å². The molecule has 0 aliphatic heterocycles. The molecule has 1 N–H and O–H groups in total. The standard InChI is InChI=1S/C14H22ClNO2/c1-5-16-11(3)12-6-7-14(13(15)8-12)18-9-10(2)17-4/h6-8,10-11,16H,5,9H2,1-4H3. The topological polar surface area (TPSA) is 30.5 Å². The maximum atomic E-state index is 6.21. The highest BCUT2D eigenvalue weighted by Gasteiger charge is 2.09. The Morgan fingerprint density at radius 2 is 2.06 bits per heavy atom. The zero-order valence-corrected chi connectivity index (χ0v) is 12.3. The summed E-state index contributed by atoms with van der Waals surface area (Å²) in [7, 11) is 1.66. The van der Waals surface area contributed by atoms with E-state index in [4.69, 9.17) is 21.1 Å². The Hall–Kier alpha value is -0.770. The van der Waals surface area contributed by atoms with Crippen molar-refractivity contribution in [3.63, 3.8) is 0 Å². The Balaban J connectivity index is 2.67. The van der Waals surface area contributed by atoms with Gasteiger partial charge in [0.05, 0.1) is 11.1 Å². The SMILES string of the molecule is CCNC(C)c1ccc(OCC(C)OC)c(Cl)c1. The molecule has 0 spiro atoms. The number of nitrogens with one attached hydrogen (secondary N) is 1. The fraction of sp³-hybridized carbons (Fsp3) is 0.571. The van der Waals surface area contributed by atoms with Gasteiger partial charge in [-0.25, -0.2) is 0 Å². The van der Waals surface area contributed by atoms with E-state index in [0.717, 1.165) is 12.1 Å². The van der Waals surface area contributed by atoms with E-state index in [0.29, 0.717) is 23.4 Å². The number of hydrogen-bond donors (Lipinski definition) is 1. The summed E-state index contributed by atoms with van der Waals surface area (Å²) in [6.07, 6.45) is 0.0569. The molecule has 102 valence electrons. The van der Waals surface area contributed by atoms with Gasteiger partial charge >= 0.3 is 0 Å². The molecule has 0 fully saturated rings. The number of methoxy groups -OCH3 is 1. The van der Waals surface area contributed by atoms with Crippen molar-refractivity contribution in [3.8, 4) is 5.75 Å². The highest BCUT2D eigenvalue weighted by atomic mass is 35.5. The molecule has 0 bridgehead atoms. The molecule has 2 atom stereocenters. The van der Waals surface area contributed by atoms with E-state index in [1.54, 1.807) is 7.11 Å². The van der Waals surface area contributed by atoms with E-state index in [1.165, 1.54) is 0 Å². The van der Waals surface area contributed by atoms with Crippen LogP contribution in [-0.4, -0.2) is 26.4 Å². The number of hydrogen-bond acceptors (Lipinski definition) is 3. The molecule has 2 unspecified atom stereocenters. The van der Waals surface area contributed by atoms with Gasteiger partial charge in [-0.2, -0.15) is 0 Å². The smallest absolute Gasteiger partial charge is 0.138 e. The number of halogens is 1. The Morgan fingerprint density at radius 1 is 1.33 bits per heavy atom. The van der Waals surface area contributed by atoms with Gasteiger partial charge in [0.15, 0.2) is 0 Å². The Bertz CT molecular complexity index is 371. The third-order valence-corrected chi connectivity index (χ3v) is 3.14. The Labute approximate surface area is 114 Å². The summed E-state index contributed by atoms with van der Waals surface area (Å²) in [6.45, 7) is 7.58. The van der Waals surface area contributed by atoms with Crippen LogP contribution in [0.5, 0.6) is 5.75 Å². The van der Waals surface area contributed by atoms with Crippen LogP contribution in [0.2, 0.25) is 5.02 Å². The highest BCUT2D eigenvalue weighted by molar-refractivity contribution is 6.32. The maximum absolute atomic E-state index is 6.21. The third-order valence-electron chi connectivity index (χ3n) is 2.84. The summed E-state index contributed by atoms with van der Waals surface area (Å²) in [5.41, 5.74) is 1.16. The van der Waals surface area contributed by atoms with Crippen LogP contribution in [0.3, 0.4) is 0 Å². The van der Waals surface area contributed by atoms with Crippen LogP contribution in [0.15, 0.2) is 18.2 Å². The van der Waals surface area contributed by atoms with Crippen LogP contribution in [0.25, 0.3) is 0 Å². The molecule has 0 aliphatic rings.